The molecule has 0 unspecified atom stereocenters. The summed E-state index contributed by atoms with van der Waals surface area (Å²) in [5.41, 5.74) is 5.99. The molecule has 0 amide bonds. The van der Waals surface area contributed by atoms with Crippen molar-refractivity contribution in [2.45, 2.75) is 13.3 Å². The van der Waals surface area contributed by atoms with E-state index in [1.807, 2.05) is 0 Å². The summed E-state index contributed by atoms with van der Waals surface area (Å²) in [7, 11) is 0. The number of aromatic nitrogens is 2. The van der Waals surface area contributed by atoms with E-state index in [1.54, 1.807) is 0 Å². The zero-order chi connectivity index (χ0) is 15.1. The molecule has 110 valence electrons. The summed E-state index contributed by atoms with van der Waals surface area (Å²) < 4.78 is 3.30. The van der Waals surface area contributed by atoms with Gasteiger partial charge in [-0.05, 0) is 59.7 Å². The normalized spacial score (nSPS) is 13.0. The number of nitrogens with one attached hydrogen (secondary N) is 1. The first-order valence-electron chi connectivity index (χ1n) is 7.42. The highest BCUT2D eigenvalue weighted by Crippen LogP contribution is 2.35. The van der Waals surface area contributed by atoms with Gasteiger partial charge in [0.1, 0.15) is 5.82 Å². The summed E-state index contributed by atoms with van der Waals surface area (Å²) in [6.45, 7) is 3.11. The van der Waals surface area contributed by atoms with Gasteiger partial charge in [0, 0.05) is 21.2 Å². The zero-order valence-electron chi connectivity index (χ0n) is 12.3. The van der Waals surface area contributed by atoms with Crippen molar-refractivity contribution in [3.8, 4) is 16.9 Å². The van der Waals surface area contributed by atoms with Gasteiger partial charge in [0.15, 0.2) is 0 Å². The molecule has 1 aliphatic rings. The molecule has 0 aliphatic carbocycles. The van der Waals surface area contributed by atoms with Crippen LogP contribution in [0.15, 0.2) is 48.5 Å². The third kappa shape index (κ3) is 2.22. The largest absolute Gasteiger partial charge is 0.369 e. The molecule has 0 atom stereocenters. The lowest BCUT2D eigenvalue weighted by Gasteiger charge is -2.09. The summed E-state index contributed by atoms with van der Waals surface area (Å²) in [6, 6.07) is 16.9. The minimum absolute atomic E-state index is 0.982. The number of hydrogen-bond donors (Lipinski definition) is 1. The van der Waals surface area contributed by atoms with E-state index in [0.717, 1.165) is 30.2 Å². The first-order valence-corrected chi connectivity index (χ1v) is 8.49. The van der Waals surface area contributed by atoms with E-state index < -0.39 is 0 Å². The molecule has 0 saturated heterocycles. The smallest absolute Gasteiger partial charge is 0.133 e. The SMILES string of the molecule is Cc1ccccc1-n1nc(-c2cccc(I)c2)c2c1NCC2. The average molecular weight is 401 g/mol. The number of para-hydroxylation sites is 1. The number of anilines is 1. The first-order chi connectivity index (χ1) is 10.7. The highest BCUT2D eigenvalue weighted by atomic mass is 127. The van der Waals surface area contributed by atoms with E-state index in [1.165, 1.54) is 20.3 Å². The highest BCUT2D eigenvalue weighted by molar-refractivity contribution is 14.1. The van der Waals surface area contributed by atoms with Gasteiger partial charge >= 0.3 is 0 Å². The van der Waals surface area contributed by atoms with Gasteiger partial charge in [-0.2, -0.15) is 5.10 Å². The topological polar surface area (TPSA) is 29.9 Å². The monoisotopic (exact) mass is 401 g/mol. The Kier molecular flexibility index (Phi) is 3.41. The quantitative estimate of drug-likeness (QED) is 0.645. The minimum atomic E-state index is 0.982. The van der Waals surface area contributed by atoms with Crippen LogP contribution in [0.2, 0.25) is 0 Å². The molecular weight excluding hydrogens is 385 g/mol. The predicted octanol–water partition coefficient (Wildman–Crippen LogP) is 4.42. The van der Waals surface area contributed by atoms with Crippen LogP contribution in [-0.2, 0) is 6.42 Å². The Bertz CT molecular complexity index is 851. The van der Waals surface area contributed by atoms with Gasteiger partial charge in [0.2, 0.25) is 0 Å². The first kappa shape index (κ1) is 13.8. The van der Waals surface area contributed by atoms with Crippen LogP contribution in [0.1, 0.15) is 11.1 Å². The standard InChI is InChI=1S/C18H16IN3/c1-12-5-2-3-8-16(12)22-18-15(9-10-20-18)17(21-22)13-6-4-7-14(19)11-13/h2-8,11,20H,9-10H2,1H3. The molecule has 0 fully saturated rings. The predicted molar refractivity (Wildman–Crippen MR) is 98.6 cm³/mol. The molecule has 0 saturated carbocycles. The van der Waals surface area contributed by atoms with Crippen molar-refractivity contribution < 1.29 is 0 Å². The molecule has 0 spiro atoms. The molecule has 1 aliphatic heterocycles. The lowest BCUT2D eigenvalue weighted by atomic mass is 10.1. The fraction of sp³-hybridized carbons (Fsp3) is 0.167. The third-order valence-electron chi connectivity index (χ3n) is 4.09. The lowest BCUT2D eigenvalue weighted by Crippen LogP contribution is -2.05. The Morgan fingerprint density at radius 3 is 2.82 bits per heavy atom. The van der Waals surface area contributed by atoms with Crippen molar-refractivity contribution in [1.29, 1.82) is 0 Å². The van der Waals surface area contributed by atoms with Crippen molar-refractivity contribution >= 4 is 28.4 Å². The molecule has 4 rings (SSSR count). The van der Waals surface area contributed by atoms with Crippen LogP contribution >= 0.6 is 22.6 Å². The highest BCUT2D eigenvalue weighted by Gasteiger charge is 2.24. The maximum absolute atomic E-state index is 4.93. The maximum Gasteiger partial charge on any atom is 0.133 e. The lowest BCUT2D eigenvalue weighted by molar-refractivity contribution is 0.875. The van der Waals surface area contributed by atoms with Crippen molar-refractivity contribution in [2.24, 2.45) is 0 Å². The van der Waals surface area contributed by atoms with Gasteiger partial charge in [-0.3, -0.25) is 0 Å². The van der Waals surface area contributed by atoms with Gasteiger partial charge in [-0.25, -0.2) is 4.68 Å². The van der Waals surface area contributed by atoms with Gasteiger partial charge in [-0.15, -0.1) is 0 Å². The van der Waals surface area contributed by atoms with E-state index >= 15 is 0 Å². The van der Waals surface area contributed by atoms with E-state index in [0.29, 0.717) is 0 Å². The number of rotatable bonds is 2. The van der Waals surface area contributed by atoms with Crippen LogP contribution in [0, 0.1) is 10.5 Å². The average Bonchev–Trinajstić information content (AvgIpc) is 3.10. The van der Waals surface area contributed by atoms with Crippen molar-refractivity contribution in [2.75, 3.05) is 11.9 Å². The van der Waals surface area contributed by atoms with Crippen LogP contribution in [0.4, 0.5) is 5.82 Å². The molecule has 1 aromatic heterocycles. The van der Waals surface area contributed by atoms with Crippen LogP contribution in [0.25, 0.3) is 16.9 Å². The van der Waals surface area contributed by atoms with Gasteiger partial charge < -0.3 is 5.32 Å². The second-order valence-electron chi connectivity index (χ2n) is 5.56. The number of hydrogen-bond acceptors (Lipinski definition) is 2. The minimum Gasteiger partial charge on any atom is -0.369 e. The van der Waals surface area contributed by atoms with Crippen molar-refractivity contribution in [3.63, 3.8) is 0 Å². The Hall–Kier alpha value is -1.82. The second-order valence-corrected chi connectivity index (χ2v) is 6.81. The fourth-order valence-electron chi connectivity index (χ4n) is 3.02. The number of aryl methyl sites for hydroxylation is 1. The Labute approximate surface area is 143 Å². The van der Waals surface area contributed by atoms with E-state index in [2.05, 4.69) is 88.0 Å². The van der Waals surface area contributed by atoms with Crippen LogP contribution in [-0.4, -0.2) is 16.3 Å². The molecule has 1 N–H and O–H groups in total. The summed E-state index contributed by atoms with van der Waals surface area (Å²) in [5, 5.41) is 8.42. The van der Waals surface area contributed by atoms with Crippen molar-refractivity contribution in [1.82, 2.24) is 9.78 Å². The zero-order valence-corrected chi connectivity index (χ0v) is 14.5. The second kappa shape index (κ2) is 5.43. The molecule has 2 aromatic carbocycles. The molecule has 0 radical (unpaired) electrons. The van der Waals surface area contributed by atoms with Crippen LogP contribution in [0.5, 0.6) is 0 Å². The number of benzene rings is 2. The molecule has 22 heavy (non-hydrogen) atoms. The van der Waals surface area contributed by atoms with Crippen LogP contribution < -0.4 is 5.32 Å². The number of fused-ring (bicyclic) bond motifs is 1. The molecule has 2 heterocycles. The maximum atomic E-state index is 4.93. The number of nitrogens with zero attached hydrogens (tertiary/aromatic N) is 2. The summed E-state index contributed by atoms with van der Waals surface area (Å²) >= 11 is 2.35. The summed E-state index contributed by atoms with van der Waals surface area (Å²) in [6.07, 6.45) is 1.03. The van der Waals surface area contributed by atoms with E-state index in [4.69, 9.17) is 5.10 Å². The van der Waals surface area contributed by atoms with Crippen LogP contribution in [0.3, 0.4) is 0 Å². The Balaban J connectivity index is 1.93. The number of halogens is 1. The fourth-order valence-corrected chi connectivity index (χ4v) is 3.56. The van der Waals surface area contributed by atoms with E-state index in [9.17, 15) is 0 Å². The molecule has 4 heteroatoms. The Morgan fingerprint density at radius 2 is 2.00 bits per heavy atom. The van der Waals surface area contributed by atoms with Gasteiger partial charge in [-0.1, -0.05) is 30.3 Å². The van der Waals surface area contributed by atoms with Gasteiger partial charge in [0.05, 0.1) is 11.4 Å². The van der Waals surface area contributed by atoms with Crippen molar-refractivity contribution in [3.05, 3.63) is 63.2 Å². The third-order valence-corrected chi connectivity index (χ3v) is 4.76. The molecule has 0 bridgehead atoms. The summed E-state index contributed by atoms with van der Waals surface area (Å²) in [4.78, 5) is 0. The molecule has 3 nitrogen and oxygen atoms in total. The Morgan fingerprint density at radius 1 is 1.14 bits per heavy atom. The van der Waals surface area contributed by atoms with Gasteiger partial charge in [0.25, 0.3) is 0 Å². The molecular formula is C18H16IN3. The summed E-state index contributed by atoms with van der Waals surface area (Å²) in [5.74, 6) is 1.14. The molecule has 3 aromatic rings. The van der Waals surface area contributed by atoms with E-state index in [-0.39, 0.29) is 0 Å².